The Balaban J connectivity index is 1.76. The quantitative estimate of drug-likeness (QED) is 0.849. The summed E-state index contributed by atoms with van der Waals surface area (Å²) in [4.78, 5) is 15.7. The highest BCUT2D eigenvalue weighted by Crippen LogP contribution is 2.27. The zero-order chi connectivity index (χ0) is 13.0. The third-order valence-corrected chi connectivity index (χ3v) is 3.80. The van der Waals surface area contributed by atoms with Crippen LogP contribution in [0.15, 0.2) is 10.8 Å². The van der Waals surface area contributed by atoms with Crippen LogP contribution in [0.4, 0.5) is 0 Å². The molecule has 1 aromatic heterocycles. The molecule has 1 heterocycles. The molecule has 0 aliphatic heterocycles. The monoisotopic (exact) mass is 251 g/mol. The second kappa shape index (κ2) is 6.00. The van der Waals surface area contributed by atoms with Gasteiger partial charge in [0.05, 0.1) is 5.69 Å². The fourth-order valence-electron chi connectivity index (χ4n) is 2.51. The molecule has 1 aliphatic carbocycles. The van der Waals surface area contributed by atoms with Gasteiger partial charge in [0.25, 0.3) is 5.91 Å². The van der Waals surface area contributed by atoms with Gasteiger partial charge in [-0.2, -0.15) is 0 Å². The number of carbonyl (C=O) groups is 1. The average Bonchev–Trinajstić information content (AvgIpc) is 2.83. The van der Waals surface area contributed by atoms with Crippen molar-refractivity contribution in [2.24, 2.45) is 17.6 Å². The Bertz CT molecular complexity index is 395. The minimum absolute atomic E-state index is 0.161. The van der Waals surface area contributed by atoms with E-state index in [1.165, 1.54) is 19.2 Å². The first kappa shape index (κ1) is 13.1. The summed E-state index contributed by atoms with van der Waals surface area (Å²) in [5.74, 6) is 1.41. The zero-order valence-electron chi connectivity index (χ0n) is 10.8. The van der Waals surface area contributed by atoms with Gasteiger partial charge >= 0.3 is 0 Å². The van der Waals surface area contributed by atoms with Gasteiger partial charge in [-0.1, -0.05) is 0 Å². The molecule has 1 saturated carbocycles. The maximum absolute atomic E-state index is 11.8. The molecule has 0 aromatic carbocycles. The van der Waals surface area contributed by atoms with E-state index in [4.69, 9.17) is 10.2 Å². The van der Waals surface area contributed by atoms with Gasteiger partial charge in [0.15, 0.2) is 6.39 Å². The number of carbonyl (C=O) groups excluding carboxylic acids is 1. The summed E-state index contributed by atoms with van der Waals surface area (Å²) < 4.78 is 5.06. The number of nitrogens with two attached hydrogens (primary N) is 1. The highest BCUT2D eigenvalue weighted by molar-refractivity contribution is 5.92. The molecular weight excluding hydrogens is 230 g/mol. The van der Waals surface area contributed by atoms with Gasteiger partial charge in [-0.05, 0) is 51.0 Å². The number of oxazole rings is 1. The number of nitrogens with zero attached hydrogens (tertiary/aromatic N) is 1. The Morgan fingerprint density at radius 3 is 2.67 bits per heavy atom. The number of hydrogen-bond donors (Lipinski definition) is 2. The van der Waals surface area contributed by atoms with E-state index in [-0.39, 0.29) is 5.91 Å². The van der Waals surface area contributed by atoms with Gasteiger partial charge in [0, 0.05) is 6.54 Å². The summed E-state index contributed by atoms with van der Waals surface area (Å²) >= 11 is 0. The van der Waals surface area contributed by atoms with Crippen LogP contribution in [0, 0.1) is 18.8 Å². The zero-order valence-corrected chi connectivity index (χ0v) is 10.8. The van der Waals surface area contributed by atoms with Crippen molar-refractivity contribution in [1.29, 1.82) is 0 Å². The van der Waals surface area contributed by atoms with Crippen LogP contribution in [0.25, 0.3) is 0 Å². The van der Waals surface area contributed by atoms with Gasteiger partial charge in [-0.25, -0.2) is 4.98 Å². The summed E-state index contributed by atoms with van der Waals surface area (Å²) in [6, 6.07) is 0. The number of rotatable bonds is 4. The van der Waals surface area contributed by atoms with Gasteiger partial charge in [0.2, 0.25) is 5.76 Å². The van der Waals surface area contributed by atoms with Crippen molar-refractivity contribution in [2.45, 2.75) is 32.6 Å². The van der Waals surface area contributed by atoms with E-state index >= 15 is 0 Å². The SMILES string of the molecule is Cc1ncoc1C(=O)NCC1CCC(CN)CC1. The molecule has 0 spiro atoms. The van der Waals surface area contributed by atoms with E-state index in [2.05, 4.69) is 10.3 Å². The number of aryl methyl sites for hydroxylation is 1. The largest absolute Gasteiger partial charge is 0.438 e. The van der Waals surface area contributed by atoms with Gasteiger partial charge in [0.1, 0.15) is 0 Å². The van der Waals surface area contributed by atoms with Gasteiger partial charge in [-0.3, -0.25) is 4.79 Å². The summed E-state index contributed by atoms with van der Waals surface area (Å²) in [6.07, 6.45) is 5.96. The van der Waals surface area contributed by atoms with Crippen molar-refractivity contribution < 1.29 is 9.21 Å². The number of hydrogen-bond acceptors (Lipinski definition) is 4. The molecule has 1 aromatic rings. The van der Waals surface area contributed by atoms with Gasteiger partial charge in [-0.15, -0.1) is 0 Å². The average molecular weight is 251 g/mol. The number of aromatic nitrogens is 1. The lowest BCUT2D eigenvalue weighted by molar-refractivity contribution is 0.0913. The summed E-state index contributed by atoms with van der Waals surface area (Å²) in [7, 11) is 0. The Kier molecular flexibility index (Phi) is 4.36. The smallest absolute Gasteiger partial charge is 0.289 e. The normalized spacial score (nSPS) is 23.9. The fourth-order valence-corrected chi connectivity index (χ4v) is 2.51. The maximum atomic E-state index is 11.8. The third kappa shape index (κ3) is 3.10. The van der Waals surface area contributed by atoms with Crippen LogP contribution in [0.1, 0.15) is 41.9 Å². The molecule has 18 heavy (non-hydrogen) atoms. The predicted octanol–water partition coefficient (Wildman–Crippen LogP) is 1.48. The van der Waals surface area contributed by atoms with Crippen molar-refractivity contribution in [3.63, 3.8) is 0 Å². The Labute approximate surface area is 107 Å². The molecule has 100 valence electrons. The van der Waals surface area contributed by atoms with E-state index in [1.54, 1.807) is 6.92 Å². The second-order valence-corrected chi connectivity index (χ2v) is 5.10. The number of nitrogens with one attached hydrogen (secondary N) is 1. The van der Waals surface area contributed by atoms with E-state index in [1.807, 2.05) is 0 Å². The van der Waals surface area contributed by atoms with Crippen molar-refractivity contribution in [3.8, 4) is 0 Å². The Morgan fingerprint density at radius 2 is 2.11 bits per heavy atom. The lowest BCUT2D eigenvalue weighted by Crippen LogP contribution is -2.32. The molecule has 3 N–H and O–H groups in total. The van der Waals surface area contributed by atoms with Crippen molar-refractivity contribution in [3.05, 3.63) is 17.8 Å². The van der Waals surface area contributed by atoms with Crippen LogP contribution in [-0.2, 0) is 0 Å². The van der Waals surface area contributed by atoms with E-state index in [0.29, 0.717) is 23.3 Å². The maximum Gasteiger partial charge on any atom is 0.289 e. The standard InChI is InChI=1S/C13H21N3O2/c1-9-12(18-8-16-9)13(17)15-7-11-4-2-10(6-14)3-5-11/h8,10-11H,2-7,14H2,1H3,(H,15,17). The van der Waals surface area contributed by atoms with Crippen molar-refractivity contribution in [2.75, 3.05) is 13.1 Å². The summed E-state index contributed by atoms with van der Waals surface area (Å²) in [5.41, 5.74) is 6.30. The van der Waals surface area contributed by atoms with Crippen molar-refractivity contribution >= 4 is 5.91 Å². The first-order valence-electron chi connectivity index (χ1n) is 6.59. The molecular formula is C13H21N3O2. The highest BCUT2D eigenvalue weighted by atomic mass is 16.3. The topological polar surface area (TPSA) is 81.2 Å². The lowest BCUT2D eigenvalue weighted by atomic mass is 9.82. The molecule has 5 nitrogen and oxygen atoms in total. The summed E-state index contributed by atoms with van der Waals surface area (Å²) in [5, 5.41) is 2.92. The Hall–Kier alpha value is -1.36. The van der Waals surface area contributed by atoms with Crippen LogP contribution in [0.2, 0.25) is 0 Å². The highest BCUT2D eigenvalue weighted by Gasteiger charge is 2.21. The second-order valence-electron chi connectivity index (χ2n) is 5.10. The molecule has 2 rings (SSSR count). The van der Waals surface area contributed by atoms with Crippen LogP contribution < -0.4 is 11.1 Å². The van der Waals surface area contributed by atoms with Crippen molar-refractivity contribution in [1.82, 2.24) is 10.3 Å². The van der Waals surface area contributed by atoms with Crippen LogP contribution in [0.5, 0.6) is 0 Å². The minimum Gasteiger partial charge on any atom is -0.438 e. The molecule has 1 fully saturated rings. The van der Waals surface area contributed by atoms with Crippen LogP contribution in [0.3, 0.4) is 0 Å². The molecule has 0 unspecified atom stereocenters. The van der Waals surface area contributed by atoms with Crippen LogP contribution >= 0.6 is 0 Å². The molecule has 0 bridgehead atoms. The minimum atomic E-state index is -0.161. The van der Waals surface area contributed by atoms with Gasteiger partial charge < -0.3 is 15.5 Å². The van der Waals surface area contributed by atoms with E-state index in [0.717, 1.165) is 25.9 Å². The first-order chi connectivity index (χ1) is 8.70. The first-order valence-corrected chi connectivity index (χ1v) is 6.59. The summed E-state index contributed by atoms with van der Waals surface area (Å²) in [6.45, 7) is 3.28. The van der Waals surface area contributed by atoms with E-state index < -0.39 is 0 Å². The molecule has 5 heteroatoms. The fraction of sp³-hybridized carbons (Fsp3) is 0.692. The number of amides is 1. The predicted molar refractivity (Wildman–Crippen MR) is 68.1 cm³/mol. The molecule has 0 radical (unpaired) electrons. The van der Waals surface area contributed by atoms with E-state index in [9.17, 15) is 4.79 Å². The molecule has 0 saturated heterocycles. The van der Waals surface area contributed by atoms with Crippen LogP contribution in [-0.4, -0.2) is 24.0 Å². The Morgan fingerprint density at radius 1 is 1.44 bits per heavy atom. The molecule has 1 amide bonds. The molecule has 0 atom stereocenters. The third-order valence-electron chi connectivity index (χ3n) is 3.80. The lowest BCUT2D eigenvalue weighted by Gasteiger charge is -2.27. The molecule has 1 aliphatic rings.